The van der Waals surface area contributed by atoms with Crippen LogP contribution in [0.3, 0.4) is 0 Å². The Morgan fingerprint density at radius 1 is 0.250 bits per heavy atom. The molecule has 270 valence electrons. The first-order valence-corrected chi connectivity index (χ1v) is 17.8. The monoisotopic (exact) mass is 734 g/mol. The molecule has 0 saturated carbocycles. The number of phenolic OH excluding ortho intramolecular Hbond substituents is 8. The van der Waals surface area contributed by atoms with E-state index in [1.165, 1.54) is 0 Å². The number of hydrogen-bond donors (Lipinski definition) is 8. The molecule has 10 aromatic rings. The Morgan fingerprint density at radius 3 is 1.36 bits per heavy atom. The van der Waals surface area contributed by atoms with Crippen LogP contribution in [-0.4, -0.2) is 40.9 Å². The van der Waals surface area contributed by atoms with Crippen molar-refractivity contribution >= 4 is 53.9 Å². The molecule has 10 aromatic carbocycles. The Bertz CT molecular complexity index is 3270. The van der Waals surface area contributed by atoms with Crippen molar-refractivity contribution in [1.82, 2.24) is 0 Å². The van der Waals surface area contributed by atoms with E-state index in [2.05, 4.69) is 0 Å². The highest BCUT2D eigenvalue weighted by molar-refractivity contribution is 6.37. The summed E-state index contributed by atoms with van der Waals surface area (Å²) in [6.45, 7) is 0. The van der Waals surface area contributed by atoms with E-state index < -0.39 is 56.8 Å². The van der Waals surface area contributed by atoms with Crippen LogP contribution in [0.1, 0.15) is 0 Å². The van der Waals surface area contributed by atoms with Crippen molar-refractivity contribution in [2.45, 2.75) is 0 Å². The maximum Gasteiger partial charge on any atom is 0.170 e. The molecule has 0 aliphatic heterocycles. The molecule has 0 amide bonds. The van der Waals surface area contributed by atoms with E-state index in [9.17, 15) is 40.9 Å². The number of phenols is 8. The fraction of sp³-hybridized carbons (Fsp3) is 0. The number of rotatable bonds is 4. The summed E-state index contributed by atoms with van der Waals surface area (Å²) < 4.78 is 0. The van der Waals surface area contributed by atoms with Crippen LogP contribution < -0.4 is 0 Å². The fourth-order valence-electron chi connectivity index (χ4n) is 8.43. The zero-order valence-electron chi connectivity index (χ0n) is 29.3. The maximum absolute atomic E-state index is 12.0. The minimum absolute atomic E-state index is 0.0759. The van der Waals surface area contributed by atoms with Gasteiger partial charge >= 0.3 is 0 Å². The molecule has 0 spiro atoms. The van der Waals surface area contributed by atoms with Crippen molar-refractivity contribution < 1.29 is 40.9 Å². The SMILES string of the molecule is Oc1c(O)c2c(O)c(O)c3c(O)c(O)c(-c4cccc(-c5ccc6ccccc6c5)c4)c4c(O)c(O)c(c1-c1ccc(-c5cccc6ccccc56)cc1)c2c34. The lowest BCUT2D eigenvalue weighted by Gasteiger charge is -2.23. The summed E-state index contributed by atoms with van der Waals surface area (Å²) in [5.74, 6) is -6.36. The predicted molar refractivity (Wildman–Crippen MR) is 220 cm³/mol. The Morgan fingerprint density at radius 2 is 0.696 bits per heavy atom. The Labute approximate surface area is 317 Å². The lowest BCUT2D eigenvalue weighted by molar-refractivity contribution is 0.391. The quantitative estimate of drug-likeness (QED) is 0.0654. The molecule has 0 aromatic heterocycles. The first-order valence-electron chi connectivity index (χ1n) is 17.8. The normalized spacial score (nSPS) is 11.8. The summed E-state index contributed by atoms with van der Waals surface area (Å²) in [7, 11) is 0. The first kappa shape index (κ1) is 32.8. The van der Waals surface area contributed by atoms with E-state index >= 15 is 0 Å². The number of aromatic hydroxyl groups is 8. The molecule has 0 radical (unpaired) electrons. The molecule has 56 heavy (non-hydrogen) atoms. The van der Waals surface area contributed by atoms with E-state index in [0.717, 1.165) is 43.8 Å². The largest absolute Gasteiger partial charge is 0.504 e. The van der Waals surface area contributed by atoms with Gasteiger partial charge in [-0.3, -0.25) is 0 Å². The predicted octanol–water partition coefficient (Wildman–Crippen LogP) is 11.2. The molecule has 0 bridgehead atoms. The van der Waals surface area contributed by atoms with Crippen molar-refractivity contribution in [2.24, 2.45) is 0 Å². The second-order valence-corrected chi connectivity index (χ2v) is 14.0. The topological polar surface area (TPSA) is 162 Å². The Kier molecular flexibility index (Phi) is 6.93. The van der Waals surface area contributed by atoms with Crippen LogP contribution >= 0.6 is 0 Å². The van der Waals surface area contributed by atoms with Crippen molar-refractivity contribution in [3.05, 3.63) is 133 Å². The zero-order chi connectivity index (χ0) is 38.6. The molecule has 10 rings (SSSR count). The van der Waals surface area contributed by atoms with E-state index in [1.807, 2.05) is 103 Å². The Balaban J connectivity index is 1.25. The zero-order valence-corrected chi connectivity index (χ0v) is 29.3. The van der Waals surface area contributed by atoms with Crippen LogP contribution in [0.2, 0.25) is 0 Å². The molecule has 0 unspecified atom stereocenters. The third kappa shape index (κ3) is 4.47. The van der Waals surface area contributed by atoms with Gasteiger partial charge in [0.05, 0.1) is 10.8 Å². The van der Waals surface area contributed by atoms with E-state index in [1.54, 1.807) is 30.3 Å². The van der Waals surface area contributed by atoms with Crippen molar-refractivity contribution in [3.63, 3.8) is 0 Å². The molecule has 8 nitrogen and oxygen atoms in total. The van der Waals surface area contributed by atoms with Gasteiger partial charge in [-0.05, 0) is 67.1 Å². The lowest BCUT2D eigenvalue weighted by atomic mass is 9.83. The van der Waals surface area contributed by atoms with Crippen LogP contribution in [0, 0.1) is 0 Å². The standard InChI is InChI=1S/C48H30O8/c49-41-33(26-18-16-25(17-19-26)32-14-6-10-24-8-3-4-13-31(24)32)37-35-36-38(44(52)43(37)51)34(42(50)46(54)40(36)48(56)47(55)39(35)45(41)53)30-12-5-11-28(22-30)29-20-15-23-7-1-2-9-27(23)21-29/h1-22,49-56H. The smallest absolute Gasteiger partial charge is 0.170 e. The number of benzene rings is 10. The highest BCUT2D eigenvalue weighted by Crippen LogP contribution is 2.64. The maximum atomic E-state index is 12.0. The van der Waals surface area contributed by atoms with Crippen molar-refractivity contribution in [3.8, 4) is 90.5 Å². The molecule has 0 fully saturated rings. The molecular weight excluding hydrogens is 705 g/mol. The summed E-state index contributed by atoms with van der Waals surface area (Å²) in [6.07, 6.45) is 0. The minimum Gasteiger partial charge on any atom is -0.504 e. The Hall–Kier alpha value is -7.84. The number of fused-ring (bicyclic) bond motifs is 2. The van der Waals surface area contributed by atoms with Gasteiger partial charge in [-0.25, -0.2) is 0 Å². The van der Waals surface area contributed by atoms with Crippen molar-refractivity contribution in [1.29, 1.82) is 0 Å². The van der Waals surface area contributed by atoms with Crippen LogP contribution in [-0.2, 0) is 0 Å². The molecule has 8 heteroatoms. The first-order chi connectivity index (χ1) is 27.1. The van der Waals surface area contributed by atoms with Gasteiger partial charge in [0, 0.05) is 32.7 Å². The summed E-state index contributed by atoms with van der Waals surface area (Å²) in [5.41, 5.74) is 3.96. The van der Waals surface area contributed by atoms with E-state index in [0.29, 0.717) is 11.1 Å². The molecule has 0 atom stereocenters. The highest BCUT2D eigenvalue weighted by Gasteiger charge is 2.34. The molecule has 8 N–H and O–H groups in total. The van der Waals surface area contributed by atoms with Gasteiger partial charge in [-0.2, -0.15) is 0 Å². The second-order valence-electron chi connectivity index (χ2n) is 14.0. The fourth-order valence-corrected chi connectivity index (χ4v) is 8.43. The third-order valence-electron chi connectivity index (χ3n) is 11.0. The average Bonchev–Trinajstić information content (AvgIpc) is 3.23. The lowest BCUT2D eigenvalue weighted by Crippen LogP contribution is -1.95. The average molecular weight is 735 g/mol. The summed E-state index contributed by atoms with van der Waals surface area (Å²) >= 11 is 0. The van der Waals surface area contributed by atoms with Gasteiger partial charge in [0.1, 0.15) is 0 Å². The molecular formula is C48H30O8. The van der Waals surface area contributed by atoms with Crippen LogP contribution in [0.5, 0.6) is 46.0 Å². The van der Waals surface area contributed by atoms with Gasteiger partial charge in [0.25, 0.3) is 0 Å². The van der Waals surface area contributed by atoms with Gasteiger partial charge in [-0.1, -0.05) is 121 Å². The summed E-state index contributed by atoms with van der Waals surface area (Å²) in [4.78, 5) is 0. The second kappa shape index (κ2) is 11.8. The van der Waals surface area contributed by atoms with Crippen LogP contribution in [0.4, 0.5) is 0 Å². The third-order valence-corrected chi connectivity index (χ3v) is 11.0. The molecule has 0 heterocycles. The molecule has 0 aliphatic carbocycles. The van der Waals surface area contributed by atoms with E-state index in [-0.39, 0.29) is 32.7 Å². The van der Waals surface area contributed by atoms with Crippen LogP contribution in [0.25, 0.3) is 98.4 Å². The molecule has 0 aliphatic rings. The number of hydrogen-bond acceptors (Lipinski definition) is 8. The van der Waals surface area contributed by atoms with E-state index in [4.69, 9.17) is 0 Å². The van der Waals surface area contributed by atoms with Gasteiger partial charge in [-0.15, -0.1) is 0 Å². The van der Waals surface area contributed by atoms with Gasteiger partial charge in [0.2, 0.25) is 0 Å². The summed E-state index contributed by atoms with van der Waals surface area (Å²) in [6, 6.07) is 41.9. The molecule has 0 saturated heterocycles. The van der Waals surface area contributed by atoms with Crippen molar-refractivity contribution in [2.75, 3.05) is 0 Å². The van der Waals surface area contributed by atoms with Gasteiger partial charge in [0.15, 0.2) is 46.0 Å². The highest BCUT2D eigenvalue weighted by atomic mass is 16.3. The minimum atomic E-state index is -0.917. The summed E-state index contributed by atoms with van der Waals surface area (Å²) in [5, 5.41) is 95.8. The van der Waals surface area contributed by atoms with Crippen LogP contribution in [0.15, 0.2) is 133 Å². The van der Waals surface area contributed by atoms with Gasteiger partial charge < -0.3 is 40.9 Å².